The Hall–Kier alpha value is -5.24. The molecule has 6 rings (SSSR count). The summed E-state index contributed by atoms with van der Waals surface area (Å²) in [4.78, 5) is 44.0. The maximum atomic E-state index is 15.0. The molecule has 278 valence electrons. The van der Waals surface area contributed by atoms with Gasteiger partial charge in [0.05, 0.1) is 41.6 Å². The minimum absolute atomic E-state index is 0.0791. The van der Waals surface area contributed by atoms with Gasteiger partial charge < -0.3 is 30.7 Å². The van der Waals surface area contributed by atoms with Crippen molar-refractivity contribution >= 4 is 40.5 Å². The molecule has 4 aromatic rings. The molecular formula is C40H47FN8O4. The van der Waals surface area contributed by atoms with Crippen LogP contribution in [-0.4, -0.2) is 81.7 Å². The summed E-state index contributed by atoms with van der Waals surface area (Å²) in [6.45, 7) is 15.5. The average Bonchev–Trinajstić information content (AvgIpc) is 3.15. The molecule has 2 amide bonds. The molecule has 2 aromatic heterocycles. The van der Waals surface area contributed by atoms with Crippen molar-refractivity contribution in [1.82, 2.24) is 19.9 Å². The predicted molar refractivity (Wildman–Crippen MR) is 205 cm³/mol. The Morgan fingerprint density at radius 3 is 2.57 bits per heavy atom. The normalized spacial score (nSPS) is 16.9. The Kier molecular flexibility index (Phi) is 11.5. The molecular weight excluding hydrogens is 675 g/mol. The lowest BCUT2D eigenvalue weighted by Gasteiger charge is -2.45. The number of carbonyl (C=O) groups is 2. The van der Waals surface area contributed by atoms with E-state index in [9.17, 15) is 14.7 Å². The number of benzene rings is 2. The van der Waals surface area contributed by atoms with Gasteiger partial charge >= 0.3 is 0 Å². The van der Waals surface area contributed by atoms with Gasteiger partial charge in [-0.1, -0.05) is 33.4 Å². The van der Waals surface area contributed by atoms with Crippen molar-refractivity contribution in [2.75, 3.05) is 53.7 Å². The highest BCUT2D eigenvalue weighted by atomic mass is 19.1. The summed E-state index contributed by atoms with van der Waals surface area (Å²) in [5.41, 5.74) is 3.74. The van der Waals surface area contributed by atoms with E-state index in [-0.39, 0.29) is 28.7 Å². The summed E-state index contributed by atoms with van der Waals surface area (Å²) >= 11 is 0. The van der Waals surface area contributed by atoms with Gasteiger partial charge in [0.1, 0.15) is 17.5 Å². The second kappa shape index (κ2) is 16.2. The van der Waals surface area contributed by atoms with Crippen molar-refractivity contribution in [2.24, 2.45) is 0 Å². The van der Waals surface area contributed by atoms with E-state index >= 15 is 4.39 Å². The lowest BCUT2D eigenvalue weighted by Crippen LogP contribution is -2.56. The first-order chi connectivity index (χ1) is 25.4. The summed E-state index contributed by atoms with van der Waals surface area (Å²) < 4.78 is 20.6. The van der Waals surface area contributed by atoms with Crippen molar-refractivity contribution < 1.29 is 23.8 Å². The summed E-state index contributed by atoms with van der Waals surface area (Å²) in [7, 11) is 0. The van der Waals surface area contributed by atoms with Crippen LogP contribution in [-0.2, 0) is 21.6 Å². The average molecular weight is 723 g/mol. The minimum atomic E-state index is -0.692. The maximum Gasteiger partial charge on any atom is 0.259 e. The number of anilines is 5. The van der Waals surface area contributed by atoms with Crippen molar-refractivity contribution in [3.63, 3.8) is 0 Å². The molecule has 0 spiro atoms. The third kappa shape index (κ3) is 8.70. The van der Waals surface area contributed by atoms with Crippen LogP contribution >= 0.6 is 0 Å². The second-order valence-corrected chi connectivity index (χ2v) is 14.5. The Morgan fingerprint density at radius 1 is 1.08 bits per heavy atom. The van der Waals surface area contributed by atoms with Gasteiger partial charge in [-0.2, -0.15) is 0 Å². The highest BCUT2D eigenvalue weighted by molar-refractivity contribution is 6.05. The number of piperazine rings is 1. The monoisotopic (exact) mass is 722 g/mol. The number of halogens is 1. The number of carbonyl (C=O) groups excluding carboxylic acids is 2. The standard InChI is InChI=1S/C40H47FN8O4/c1-6-37(51)46-33-20-27(8-10-35(33)49-16-15-48(23-25(49)2)28-12-17-53-18-13-28)44-36-22-42-21-34(45-36)29-11-14-43-38(31(29)24-50)47-39(52)30-9-7-26(19-32(30)41)40(3,4)5/h6-11,14,19-22,25,28,50H,1,12-13,15-18,23-24H2,2-5H3,(H,44,45)(H,46,51)(H,43,47,52)/t25-/m0/s1. The molecule has 0 aliphatic carbocycles. The third-order valence-corrected chi connectivity index (χ3v) is 9.82. The molecule has 1 atom stereocenters. The number of aliphatic hydroxyl groups excluding tert-OH is 1. The molecule has 53 heavy (non-hydrogen) atoms. The number of rotatable bonds is 10. The van der Waals surface area contributed by atoms with E-state index in [0.29, 0.717) is 40.1 Å². The molecule has 0 radical (unpaired) electrons. The van der Waals surface area contributed by atoms with Crippen LogP contribution in [0.2, 0.25) is 0 Å². The first kappa shape index (κ1) is 37.5. The highest BCUT2D eigenvalue weighted by Gasteiger charge is 2.31. The SMILES string of the molecule is C=CC(=O)Nc1cc(Nc2cncc(-c3ccnc(NC(=O)c4ccc(C(C)(C)C)cc4F)c3CO)n2)ccc1N1CCN(C2CCOCC2)C[C@@H]1C. The number of hydrogen-bond acceptors (Lipinski definition) is 10. The van der Waals surface area contributed by atoms with E-state index in [2.05, 4.69) is 49.2 Å². The number of nitrogens with zero attached hydrogens (tertiary/aromatic N) is 5. The van der Waals surface area contributed by atoms with Crippen molar-refractivity contribution in [3.05, 3.63) is 96.2 Å². The van der Waals surface area contributed by atoms with Crippen LogP contribution in [0.3, 0.4) is 0 Å². The molecule has 0 bridgehead atoms. The van der Waals surface area contributed by atoms with E-state index in [1.165, 1.54) is 30.6 Å². The number of pyridine rings is 1. The van der Waals surface area contributed by atoms with E-state index in [4.69, 9.17) is 9.72 Å². The Balaban J connectivity index is 1.21. The van der Waals surface area contributed by atoms with Crippen LogP contribution in [0.5, 0.6) is 0 Å². The number of hydrogen-bond donors (Lipinski definition) is 4. The number of amides is 2. The van der Waals surface area contributed by atoms with Crippen LogP contribution in [0.1, 0.15) is 62.0 Å². The molecule has 2 aliphatic heterocycles. The quantitative estimate of drug-likeness (QED) is 0.138. The number of ether oxygens (including phenoxy) is 1. The molecule has 2 fully saturated rings. The first-order valence-corrected chi connectivity index (χ1v) is 17.9. The molecule has 2 aliphatic rings. The van der Waals surface area contributed by atoms with Gasteiger partial charge in [0.15, 0.2) is 0 Å². The van der Waals surface area contributed by atoms with Gasteiger partial charge in [-0.15, -0.1) is 0 Å². The fraction of sp³-hybridized carbons (Fsp3) is 0.375. The van der Waals surface area contributed by atoms with Crippen molar-refractivity contribution in [1.29, 1.82) is 0 Å². The molecule has 2 saturated heterocycles. The van der Waals surface area contributed by atoms with Crippen molar-refractivity contribution in [3.8, 4) is 11.3 Å². The van der Waals surface area contributed by atoms with E-state index < -0.39 is 18.3 Å². The summed E-state index contributed by atoms with van der Waals surface area (Å²) in [6.07, 6.45) is 7.91. The van der Waals surface area contributed by atoms with Crippen LogP contribution in [0.25, 0.3) is 11.3 Å². The summed E-state index contributed by atoms with van der Waals surface area (Å²) in [5.74, 6) is -1.18. The number of aliphatic hydroxyl groups is 1. The first-order valence-electron chi connectivity index (χ1n) is 17.9. The van der Waals surface area contributed by atoms with Crippen LogP contribution < -0.4 is 20.9 Å². The fourth-order valence-corrected chi connectivity index (χ4v) is 6.92. The number of nitrogens with one attached hydrogen (secondary N) is 3. The zero-order valence-corrected chi connectivity index (χ0v) is 30.7. The Bertz CT molecular complexity index is 1980. The fourth-order valence-electron chi connectivity index (χ4n) is 6.92. The Morgan fingerprint density at radius 2 is 1.87 bits per heavy atom. The predicted octanol–water partition coefficient (Wildman–Crippen LogP) is 6.28. The van der Waals surface area contributed by atoms with Crippen LogP contribution in [0.4, 0.5) is 33.1 Å². The molecule has 2 aromatic carbocycles. The van der Waals surface area contributed by atoms with Crippen LogP contribution in [0, 0.1) is 5.82 Å². The molecule has 0 unspecified atom stereocenters. The van der Waals surface area contributed by atoms with Gasteiger partial charge in [-0.3, -0.25) is 19.5 Å². The van der Waals surface area contributed by atoms with Gasteiger partial charge in [-0.05, 0) is 73.2 Å². The smallest absolute Gasteiger partial charge is 0.259 e. The zero-order valence-electron chi connectivity index (χ0n) is 30.7. The number of aromatic nitrogens is 3. The molecule has 4 N–H and O–H groups in total. The maximum absolute atomic E-state index is 15.0. The summed E-state index contributed by atoms with van der Waals surface area (Å²) in [5, 5.41) is 19.3. The second-order valence-electron chi connectivity index (χ2n) is 14.5. The molecule has 0 saturated carbocycles. The van der Waals surface area contributed by atoms with E-state index in [1.54, 1.807) is 18.3 Å². The topological polar surface area (TPSA) is 145 Å². The highest BCUT2D eigenvalue weighted by Crippen LogP contribution is 2.35. The Labute approximate surface area is 309 Å². The van der Waals surface area contributed by atoms with Gasteiger partial charge in [0.2, 0.25) is 5.91 Å². The molecule has 12 nitrogen and oxygen atoms in total. The third-order valence-electron chi connectivity index (χ3n) is 9.82. The van der Waals surface area contributed by atoms with Gasteiger partial charge in [0.25, 0.3) is 5.91 Å². The molecule has 13 heteroatoms. The largest absolute Gasteiger partial charge is 0.392 e. The van der Waals surface area contributed by atoms with Crippen LogP contribution in [0.15, 0.2) is 73.7 Å². The minimum Gasteiger partial charge on any atom is -0.392 e. The zero-order chi connectivity index (χ0) is 37.7. The van der Waals surface area contributed by atoms with E-state index in [1.807, 2.05) is 39.0 Å². The van der Waals surface area contributed by atoms with Crippen molar-refractivity contribution in [2.45, 2.75) is 64.6 Å². The van der Waals surface area contributed by atoms with Gasteiger partial charge in [-0.25, -0.2) is 14.4 Å². The lowest BCUT2D eigenvalue weighted by molar-refractivity contribution is -0.111. The molecule has 4 heterocycles. The summed E-state index contributed by atoms with van der Waals surface area (Å²) in [6, 6.07) is 12.7. The van der Waals surface area contributed by atoms with E-state index in [0.717, 1.165) is 56.9 Å². The lowest BCUT2D eigenvalue weighted by atomic mass is 9.86. The van der Waals surface area contributed by atoms with Gasteiger partial charge in [0, 0.05) is 67.9 Å².